The Balaban J connectivity index is 2.07. The Morgan fingerprint density at radius 3 is 2.53 bits per heavy atom. The Morgan fingerprint density at radius 2 is 1.89 bits per heavy atom. The Hall–Kier alpha value is -2.00. The number of benzene rings is 2. The Bertz CT molecular complexity index is 573. The van der Waals surface area contributed by atoms with Gasteiger partial charge in [-0.15, -0.1) is 0 Å². The van der Waals surface area contributed by atoms with Crippen LogP contribution in [0.25, 0.3) is 0 Å². The van der Waals surface area contributed by atoms with Gasteiger partial charge in [0.25, 0.3) is 0 Å². The van der Waals surface area contributed by atoms with Gasteiger partial charge in [0, 0.05) is 0 Å². The summed E-state index contributed by atoms with van der Waals surface area (Å²) in [5, 5.41) is 3.19. The van der Waals surface area contributed by atoms with Crippen molar-refractivity contribution < 1.29 is 4.79 Å². The largest absolute Gasteiger partial charge is 0.397 e. The number of nitrogens with two attached hydrogens (primary N) is 1. The monoisotopic (exact) mass is 274 g/mol. The van der Waals surface area contributed by atoms with Crippen molar-refractivity contribution >= 4 is 28.9 Å². The highest BCUT2D eigenvalue weighted by Crippen LogP contribution is 2.27. The topological polar surface area (TPSA) is 55.1 Å². The summed E-state index contributed by atoms with van der Waals surface area (Å²) in [6.07, 6.45) is 0.297. The van der Waals surface area contributed by atoms with E-state index in [-0.39, 0.29) is 5.91 Å². The maximum absolute atomic E-state index is 11.9. The van der Waals surface area contributed by atoms with Crippen LogP contribution in [0.3, 0.4) is 0 Å². The average Bonchev–Trinajstić information content (AvgIpc) is 2.37. The van der Waals surface area contributed by atoms with Crippen molar-refractivity contribution in [1.29, 1.82) is 0 Å². The lowest BCUT2D eigenvalue weighted by molar-refractivity contribution is -0.115. The molecule has 0 spiro atoms. The first-order valence-corrected chi connectivity index (χ1v) is 6.33. The summed E-state index contributed by atoms with van der Waals surface area (Å²) in [7, 11) is 0. The second-order valence-electron chi connectivity index (χ2n) is 4.41. The van der Waals surface area contributed by atoms with E-state index in [0.29, 0.717) is 22.8 Å². The van der Waals surface area contributed by atoms with Crippen LogP contribution in [0, 0.1) is 6.92 Å². The van der Waals surface area contributed by atoms with Crippen molar-refractivity contribution in [3.63, 3.8) is 0 Å². The molecule has 0 aromatic heterocycles. The quantitative estimate of drug-likeness (QED) is 0.843. The Labute approximate surface area is 117 Å². The van der Waals surface area contributed by atoms with Gasteiger partial charge < -0.3 is 11.1 Å². The summed E-state index contributed by atoms with van der Waals surface area (Å²) in [6, 6.07) is 13.0. The van der Waals surface area contributed by atoms with Crippen molar-refractivity contribution in [3.8, 4) is 0 Å². The number of hydrogen-bond acceptors (Lipinski definition) is 2. The van der Waals surface area contributed by atoms with Crippen LogP contribution in [0.1, 0.15) is 11.1 Å². The summed E-state index contributed by atoms with van der Waals surface area (Å²) in [5.41, 5.74) is 8.84. The molecule has 0 unspecified atom stereocenters. The first kappa shape index (κ1) is 13.4. The van der Waals surface area contributed by atoms with E-state index in [9.17, 15) is 4.79 Å². The summed E-state index contributed by atoms with van der Waals surface area (Å²) in [4.78, 5) is 11.9. The average molecular weight is 275 g/mol. The molecule has 0 aliphatic rings. The highest BCUT2D eigenvalue weighted by molar-refractivity contribution is 6.34. The van der Waals surface area contributed by atoms with E-state index in [0.717, 1.165) is 5.56 Å². The second kappa shape index (κ2) is 5.76. The number of hydrogen-bond donors (Lipinski definition) is 2. The minimum Gasteiger partial charge on any atom is -0.397 e. The van der Waals surface area contributed by atoms with Gasteiger partial charge in [0.2, 0.25) is 5.91 Å². The summed E-state index contributed by atoms with van der Waals surface area (Å²) in [5.74, 6) is -0.136. The van der Waals surface area contributed by atoms with Crippen LogP contribution in [0.2, 0.25) is 5.02 Å². The smallest absolute Gasteiger partial charge is 0.228 e. The van der Waals surface area contributed by atoms with E-state index in [1.807, 2.05) is 31.2 Å². The van der Waals surface area contributed by atoms with Crippen molar-refractivity contribution in [2.75, 3.05) is 11.1 Å². The molecule has 2 rings (SSSR count). The lowest BCUT2D eigenvalue weighted by Crippen LogP contribution is -2.15. The third-order valence-electron chi connectivity index (χ3n) is 2.80. The second-order valence-corrected chi connectivity index (χ2v) is 4.82. The number of rotatable bonds is 3. The first-order chi connectivity index (χ1) is 9.06. The van der Waals surface area contributed by atoms with Crippen molar-refractivity contribution in [2.45, 2.75) is 13.3 Å². The molecule has 2 aromatic rings. The highest BCUT2D eigenvalue weighted by atomic mass is 35.5. The molecule has 19 heavy (non-hydrogen) atoms. The predicted molar refractivity (Wildman–Crippen MR) is 79.4 cm³/mol. The summed E-state index contributed by atoms with van der Waals surface area (Å²) >= 11 is 6.00. The summed E-state index contributed by atoms with van der Waals surface area (Å²) < 4.78 is 0. The van der Waals surface area contributed by atoms with Crippen LogP contribution in [0.15, 0.2) is 42.5 Å². The van der Waals surface area contributed by atoms with E-state index in [1.165, 1.54) is 5.56 Å². The first-order valence-electron chi connectivity index (χ1n) is 5.95. The number of halogens is 1. The molecule has 0 aliphatic heterocycles. The van der Waals surface area contributed by atoms with Gasteiger partial charge in [-0.25, -0.2) is 0 Å². The maximum Gasteiger partial charge on any atom is 0.228 e. The van der Waals surface area contributed by atoms with Gasteiger partial charge in [-0.1, -0.05) is 47.5 Å². The molecule has 0 saturated carbocycles. The van der Waals surface area contributed by atoms with Crippen LogP contribution >= 0.6 is 11.6 Å². The van der Waals surface area contributed by atoms with Gasteiger partial charge in [-0.2, -0.15) is 0 Å². The van der Waals surface area contributed by atoms with Crippen LogP contribution in [0.4, 0.5) is 11.4 Å². The van der Waals surface area contributed by atoms with Crippen LogP contribution < -0.4 is 11.1 Å². The molecule has 0 atom stereocenters. The molecule has 0 bridgehead atoms. The van der Waals surface area contributed by atoms with Gasteiger partial charge in [-0.05, 0) is 24.6 Å². The van der Waals surface area contributed by atoms with Gasteiger partial charge in [0.15, 0.2) is 0 Å². The number of carbonyl (C=O) groups is 1. The van der Waals surface area contributed by atoms with Crippen LogP contribution in [0.5, 0.6) is 0 Å². The van der Waals surface area contributed by atoms with E-state index >= 15 is 0 Å². The minimum atomic E-state index is -0.136. The molecule has 3 N–H and O–H groups in total. The Morgan fingerprint density at radius 1 is 1.21 bits per heavy atom. The molecule has 0 saturated heterocycles. The van der Waals surface area contributed by atoms with Gasteiger partial charge in [0.05, 0.1) is 22.8 Å². The molecule has 2 aromatic carbocycles. The number of aryl methyl sites for hydroxylation is 1. The molecular formula is C15H15ClN2O. The van der Waals surface area contributed by atoms with E-state index in [2.05, 4.69) is 5.32 Å². The van der Waals surface area contributed by atoms with Gasteiger partial charge >= 0.3 is 0 Å². The number of nitrogens with one attached hydrogen (secondary N) is 1. The number of amides is 1. The Kier molecular flexibility index (Phi) is 4.07. The number of carbonyl (C=O) groups excluding carboxylic acids is 1. The van der Waals surface area contributed by atoms with E-state index in [4.69, 9.17) is 17.3 Å². The maximum atomic E-state index is 11.9. The van der Waals surface area contributed by atoms with E-state index in [1.54, 1.807) is 18.2 Å². The van der Waals surface area contributed by atoms with E-state index < -0.39 is 0 Å². The third kappa shape index (κ3) is 3.48. The fourth-order valence-electron chi connectivity index (χ4n) is 1.75. The zero-order valence-electron chi connectivity index (χ0n) is 10.6. The van der Waals surface area contributed by atoms with Crippen molar-refractivity contribution in [1.82, 2.24) is 0 Å². The lowest BCUT2D eigenvalue weighted by atomic mass is 10.1. The number of para-hydroxylation sites is 1. The summed E-state index contributed by atoms with van der Waals surface area (Å²) in [6.45, 7) is 2.01. The predicted octanol–water partition coefficient (Wildman–Crippen LogP) is 3.41. The number of anilines is 2. The SMILES string of the molecule is Cc1ccc(CC(=O)Nc2c(N)cccc2Cl)cc1. The van der Waals surface area contributed by atoms with Crippen molar-refractivity contribution in [2.24, 2.45) is 0 Å². The standard InChI is InChI=1S/C15H15ClN2O/c1-10-5-7-11(8-6-10)9-14(19)18-15-12(16)3-2-4-13(15)17/h2-8H,9,17H2,1H3,(H,18,19). The molecular weight excluding hydrogens is 260 g/mol. The molecule has 4 heteroatoms. The van der Waals surface area contributed by atoms with Crippen molar-refractivity contribution in [3.05, 3.63) is 58.6 Å². The number of nitrogen functional groups attached to an aromatic ring is 1. The normalized spacial score (nSPS) is 10.2. The van der Waals surface area contributed by atoms with Gasteiger partial charge in [-0.3, -0.25) is 4.79 Å². The lowest BCUT2D eigenvalue weighted by Gasteiger charge is -2.10. The molecule has 0 radical (unpaired) electrons. The molecule has 0 aliphatic carbocycles. The molecule has 1 amide bonds. The zero-order valence-corrected chi connectivity index (χ0v) is 11.4. The molecule has 98 valence electrons. The van der Waals surface area contributed by atoms with Gasteiger partial charge in [0.1, 0.15) is 0 Å². The fourth-order valence-corrected chi connectivity index (χ4v) is 1.98. The van der Waals surface area contributed by atoms with Crippen LogP contribution in [-0.4, -0.2) is 5.91 Å². The fraction of sp³-hybridized carbons (Fsp3) is 0.133. The molecule has 3 nitrogen and oxygen atoms in total. The zero-order chi connectivity index (χ0) is 13.8. The minimum absolute atomic E-state index is 0.136. The highest BCUT2D eigenvalue weighted by Gasteiger charge is 2.09. The van der Waals surface area contributed by atoms with Crippen LogP contribution in [-0.2, 0) is 11.2 Å². The molecule has 0 heterocycles. The third-order valence-corrected chi connectivity index (χ3v) is 3.11. The molecule has 0 fully saturated rings.